The van der Waals surface area contributed by atoms with Crippen molar-refractivity contribution in [2.45, 2.75) is 6.54 Å². The second-order valence-electron chi connectivity index (χ2n) is 3.46. The van der Waals surface area contributed by atoms with Crippen molar-refractivity contribution in [2.24, 2.45) is 0 Å². The van der Waals surface area contributed by atoms with E-state index in [-0.39, 0.29) is 5.91 Å². The predicted octanol–water partition coefficient (Wildman–Crippen LogP) is 2.46. The van der Waals surface area contributed by atoms with E-state index in [1.54, 1.807) is 35.7 Å². The van der Waals surface area contributed by atoms with Crippen molar-refractivity contribution in [3.8, 4) is 0 Å². The first-order valence-corrected chi connectivity index (χ1v) is 6.17. The van der Waals surface area contributed by atoms with E-state index >= 15 is 0 Å². The average Bonchev–Trinajstić information content (AvgIpc) is 2.76. The molecule has 2 aromatic heterocycles. The van der Waals surface area contributed by atoms with Crippen LogP contribution in [0.1, 0.15) is 15.4 Å². The lowest BCUT2D eigenvalue weighted by atomic mass is 10.3. The van der Waals surface area contributed by atoms with Gasteiger partial charge in [-0.2, -0.15) is 0 Å². The van der Waals surface area contributed by atoms with Gasteiger partial charge in [0.25, 0.3) is 5.91 Å². The molecule has 0 aromatic carbocycles. The normalized spacial score (nSPS) is 10.2. The average molecular weight is 268 g/mol. The second kappa shape index (κ2) is 5.25. The summed E-state index contributed by atoms with van der Waals surface area (Å²) >= 11 is 7.26. The van der Waals surface area contributed by atoms with Gasteiger partial charge < -0.3 is 4.90 Å². The number of rotatable bonds is 3. The number of hydrogen-bond acceptors (Lipinski definition) is 4. The molecule has 0 aliphatic heterocycles. The second-order valence-corrected chi connectivity index (χ2v) is 4.78. The minimum Gasteiger partial charge on any atom is -0.335 e. The number of carbonyl (C=O) groups is 1. The van der Waals surface area contributed by atoms with Gasteiger partial charge in [0, 0.05) is 13.2 Å². The van der Waals surface area contributed by atoms with E-state index in [0.29, 0.717) is 16.4 Å². The molecular formula is C11H10ClN3OS. The van der Waals surface area contributed by atoms with Gasteiger partial charge in [-0.1, -0.05) is 11.6 Å². The Morgan fingerprint density at radius 2 is 2.35 bits per heavy atom. The Labute approximate surface area is 108 Å². The van der Waals surface area contributed by atoms with E-state index in [4.69, 9.17) is 11.6 Å². The molecular weight excluding hydrogens is 258 g/mol. The van der Waals surface area contributed by atoms with Crippen LogP contribution in [-0.4, -0.2) is 27.8 Å². The highest BCUT2D eigenvalue weighted by Gasteiger charge is 2.16. The minimum atomic E-state index is -0.0939. The van der Waals surface area contributed by atoms with Gasteiger partial charge in [-0.3, -0.25) is 4.79 Å². The van der Waals surface area contributed by atoms with Crippen molar-refractivity contribution in [3.63, 3.8) is 0 Å². The Balaban J connectivity index is 2.09. The number of amides is 1. The molecule has 0 radical (unpaired) electrons. The lowest BCUT2D eigenvalue weighted by molar-refractivity contribution is 0.0788. The fourth-order valence-corrected chi connectivity index (χ4v) is 2.48. The molecule has 17 heavy (non-hydrogen) atoms. The molecule has 4 nitrogen and oxygen atoms in total. The number of halogens is 1. The van der Waals surface area contributed by atoms with Crippen molar-refractivity contribution in [3.05, 3.63) is 45.6 Å². The Kier molecular flexibility index (Phi) is 3.71. The molecule has 2 rings (SSSR count). The van der Waals surface area contributed by atoms with Crippen LogP contribution >= 0.6 is 22.9 Å². The number of thiophene rings is 1. The smallest absolute Gasteiger partial charge is 0.265 e. The van der Waals surface area contributed by atoms with Crippen molar-refractivity contribution >= 4 is 28.8 Å². The van der Waals surface area contributed by atoms with Gasteiger partial charge >= 0.3 is 0 Å². The first-order valence-electron chi connectivity index (χ1n) is 4.92. The van der Waals surface area contributed by atoms with E-state index in [0.717, 1.165) is 5.69 Å². The highest BCUT2D eigenvalue weighted by Crippen LogP contribution is 2.23. The monoisotopic (exact) mass is 267 g/mol. The van der Waals surface area contributed by atoms with Gasteiger partial charge in [0.15, 0.2) is 0 Å². The van der Waals surface area contributed by atoms with Crippen LogP contribution in [0, 0.1) is 0 Å². The van der Waals surface area contributed by atoms with Crippen molar-refractivity contribution in [1.29, 1.82) is 0 Å². The summed E-state index contributed by atoms with van der Waals surface area (Å²) in [6.07, 6.45) is 3.12. The third kappa shape index (κ3) is 2.81. The van der Waals surface area contributed by atoms with Gasteiger partial charge in [-0.25, -0.2) is 9.97 Å². The molecule has 0 bridgehead atoms. The quantitative estimate of drug-likeness (QED) is 0.858. The molecule has 0 spiro atoms. The summed E-state index contributed by atoms with van der Waals surface area (Å²) in [5.41, 5.74) is 0.795. The van der Waals surface area contributed by atoms with Gasteiger partial charge in [-0.15, -0.1) is 11.3 Å². The number of hydrogen-bond donors (Lipinski definition) is 0. The summed E-state index contributed by atoms with van der Waals surface area (Å²) in [6, 6.07) is 3.50. The van der Waals surface area contributed by atoms with Gasteiger partial charge in [0.1, 0.15) is 11.2 Å². The Morgan fingerprint density at radius 1 is 1.53 bits per heavy atom. The van der Waals surface area contributed by atoms with Crippen LogP contribution in [0.5, 0.6) is 0 Å². The third-order valence-corrected chi connectivity index (χ3v) is 3.53. The minimum absolute atomic E-state index is 0.0939. The summed E-state index contributed by atoms with van der Waals surface area (Å²) in [6.45, 7) is 0.440. The van der Waals surface area contributed by atoms with Crippen LogP contribution < -0.4 is 0 Å². The summed E-state index contributed by atoms with van der Waals surface area (Å²) in [4.78, 5) is 22.1. The fraction of sp³-hybridized carbons (Fsp3) is 0.182. The first kappa shape index (κ1) is 12.0. The molecule has 0 atom stereocenters. The van der Waals surface area contributed by atoms with E-state index in [1.165, 1.54) is 17.7 Å². The molecule has 0 aliphatic carbocycles. The fourth-order valence-electron chi connectivity index (χ4n) is 1.35. The molecule has 88 valence electrons. The predicted molar refractivity (Wildman–Crippen MR) is 67.2 cm³/mol. The van der Waals surface area contributed by atoms with Gasteiger partial charge in [0.2, 0.25) is 0 Å². The van der Waals surface area contributed by atoms with E-state index < -0.39 is 0 Å². The summed E-state index contributed by atoms with van der Waals surface area (Å²) in [7, 11) is 1.72. The molecule has 0 saturated heterocycles. The zero-order valence-electron chi connectivity index (χ0n) is 9.13. The summed E-state index contributed by atoms with van der Waals surface area (Å²) in [5.74, 6) is -0.0939. The lowest BCUT2D eigenvalue weighted by Crippen LogP contribution is -2.26. The maximum absolute atomic E-state index is 12.0. The van der Waals surface area contributed by atoms with E-state index in [2.05, 4.69) is 9.97 Å². The van der Waals surface area contributed by atoms with Crippen LogP contribution in [0.3, 0.4) is 0 Å². The zero-order chi connectivity index (χ0) is 12.3. The van der Waals surface area contributed by atoms with Crippen LogP contribution in [0.15, 0.2) is 30.0 Å². The highest BCUT2D eigenvalue weighted by molar-refractivity contribution is 7.12. The standard InChI is InChI=1S/C11H10ClN3OS/c1-15(6-8-2-4-13-7-14-8)11(16)10-9(12)3-5-17-10/h2-5,7H,6H2,1H3. The van der Waals surface area contributed by atoms with E-state index in [9.17, 15) is 4.79 Å². The first-order chi connectivity index (χ1) is 8.18. The van der Waals surface area contributed by atoms with Crippen LogP contribution in [0.2, 0.25) is 5.02 Å². The molecule has 0 N–H and O–H groups in total. The molecule has 0 aliphatic rings. The Bertz CT molecular complexity index is 514. The molecule has 0 saturated carbocycles. The van der Waals surface area contributed by atoms with Gasteiger partial charge in [0.05, 0.1) is 17.3 Å². The molecule has 0 unspecified atom stereocenters. The van der Waals surface area contributed by atoms with E-state index in [1.807, 2.05) is 0 Å². The number of nitrogens with zero attached hydrogens (tertiary/aromatic N) is 3. The molecule has 1 amide bonds. The SMILES string of the molecule is CN(Cc1ccncn1)C(=O)c1sccc1Cl. The van der Waals surface area contributed by atoms with Crippen molar-refractivity contribution < 1.29 is 4.79 Å². The van der Waals surface area contributed by atoms with Crippen LogP contribution in [0.4, 0.5) is 0 Å². The zero-order valence-corrected chi connectivity index (χ0v) is 10.7. The van der Waals surface area contributed by atoms with Crippen molar-refractivity contribution in [2.75, 3.05) is 7.05 Å². The largest absolute Gasteiger partial charge is 0.335 e. The highest BCUT2D eigenvalue weighted by atomic mass is 35.5. The topological polar surface area (TPSA) is 46.1 Å². The maximum Gasteiger partial charge on any atom is 0.265 e. The molecule has 6 heteroatoms. The van der Waals surface area contributed by atoms with Crippen LogP contribution in [0.25, 0.3) is 0 Å². The Hall–Kier alpha value is -1.46. The van der Waals surface area contributed by atoms with Crippen molar-refractivity contribution in [1.82, 2.24) is 14.9 Å². The number of carbonyl (C=O) groups excluding carboxylic acids is 1. The Morgan fingerprint density at radius 3 is 2.94 bits per heavy atom. The summed E-state index contributed by atoms with van der Waals surface area (Å²) in [5, 5.41) is 2.29. The number of aromatic nitrogens is 2. The van der Waals surface area contributed by atoms with Crippen LogP contribution in [-0.2, 0) is 6.54 Å². The molecule has 2 heterocycles. The molecule has 0 fully saturated rings. The van der Waals surface area contributed by atoms with Gasteiger partial charge in [-0.05, 0) is 17.5 Å². The third-order valence-electron chi connectivity index (χ3n) is 2.20. The maximum atomic E-state index is 12.0. The summed E-state index contributed by atoms with van der Waals surface area (Å²) < 4.78 is 0. The lowest BCUT2D eigenvalue weighted by Gasteiger charge is -2.15. The molecule has 2 aromatic rings.